The maximum absolute atomic E-state index is 13.1. The molecule has 2 fully saturated rings. The number of carbonyl (C=O) groups is 1. The molecule has 4 N–H and O–H groups in total. The van der Waals surface area contributed by atoms with Crippen LogP contribution in [0.1, 0.15) is 44.2 Å². The fourth-order valence-electron chi connectivity index (χ4n) is 6.64. The maximum Gasteiger partial charge on any atom is 0.254 e. The third-order valence-electron chi connectivity index (χ3n) is 8.82. The van der Waals surface area contributed by atoms with Crippen LogP contribution >= 0.6 is 11.6 Å². The number of nitrogens with zero attached hydrogens (tertiary/aromatic N) is 1. The third-order valence-corrected chi connectivity index (χ3v) is 9.07. The molecule has 4 atom stereocenters. The van der Waals surface area contributed by atoms with E-state index in [2.05, 4.69) is 10.2 Å². The van der Waals surface area contributed by atoms with Crippen LogP contribution in [-0.2, 0) is 16.6 Å². The predicted molar refractivity (Wildman–Crippen MR) is 137 cm³/mol. The molecule has 4 aliphatic rings. The van der Waals surface area contributed by atoms with Crippen molar-refractivity contribution in [3.63, 3.8) is 0 Å². The van der Waals surface area contributed by atoms with E-state index < -0.39 is 23.0 Å². The number of likely N-dealkylation sites (tertiary alicyclic amines) is 1. The Balaban J connectivity index is 1.41. The van der Waals surface area contributed by atoms with E-state index in [4.69, 9.17) is 16.3 Å². The van der Waals surface area contributed by atoms with E-state index in [1.165, 1.54) is 12.8 Å². The van der Waals surface area contributed by atoms with Crippen molar-refractivity contribution in [2.45, 2.75) is 62.7 Å². The number of phenols is 1. The summed E-state index contributed by atoms with van der Waals surface area (Å²) in [5, 5.41) is 37.8. The van der Waals surface area contributed by atoms with Gasteiger partial charge in [0, 0.05) is 28.9 Å². The van der Waals surface area contributed by atoms with Gasteiger partial charge < -0.3 is 25.4 Å². The molecule has 190 valence electrons. The standard InChI is InChI=1S/C28H31ClN2O5/c1-15(26(34)30-19-8-6-18(29)7-9-19)23(33)25-28-11-12-31(14-16-3-4-16)21(27(28,2)35)13-17-5-10-20(32)24(36-25)22(17)28/h5-10,16,21,25,32-33,35H,3-4,11-14H2,1-2H3,(H,30,34)/b23-15-/t21-,25+,27-,28+/m1/s1. The van der Waals surface area contributed by atoms with E-state index in [9.17, 15) is 20.1 Å². The molecule has 1 spiro atoms. The second-order valence-corrected chi connectivity index (χ2v) is 11.4. The van der Waals surface area contributed by atoms with Gasteiger partial charge in [-0.3, -0.25) is 9.69 Å². The summed E-state index contributed by atoms with van der Waals surface area (Å²) in [6, 6.07) is 10.1. The first-order chi connectivity index (χ1) is 17.1. The van der Waals surface area contributed by atoms with Gasteiger partial charge >= 0.3 is 0 Å². The number of nitrogens with one attached hydrogen (secondary N) is 1. The first-order valence-corrected chi connectivity index (χ1v) is 13.0. The Morgan fingerprint density at radius 3 is 2.64 bits per heavy atom. The summed E-state index contributed by atoms with van der Waals surface area (Å²) >= 11 is 5.95. The summed E-state index contributed by atoms with van der Waals surface area (Å²) in [5.41, 5.74) is 0.166. The van der Waals surface area contributed by atoms with Crippen LogP contribution in [0.3, 0.4) is 0 Å². The fourth-order valence-corrected chi connectivity index (χ4v) is 6.77. The highest BCUT2D eigenvalue weighted by molar-refractivity contribution is 6.30. The minimum Gasteiger partial charge on any atom is -0.508 e. The summed E-state index contributed by atoms with van der Waals surface area (Å²) in [6.45, 7) is 5.06. The van der Waals surface area contributed by atoms with Crippen LogP contribution in [-0.4, -0.2) is 57.0 Å². The molecule has 1 saturated heterocycles. The van der Waals surface area contributed by atoms with Gasteiger partial charge in [0.05, 0.1) is 16.6 Å². The molecule has 2 aliphatic heterocycles. The lowest BCUT2D eigenvalue weighted by Crippen LogP contribution is -2.73. The number of hydrogen-bond donors (Lipinski definition) is 4. The molecule has 7 nitrogen and oxygen atoms in total. The second-order valence-electron chi connectivity index (χ2n) is 10.9. The van der Waals surface area contributed by atoms with Crippen LogP contribution < -0.4 is 10.1 Å². The smallest absolute Gasteiger partial charge is 0.254 e. The highest BCUT2D eigenvalue weighted by Gasteiger charge is 2.69. The number of carbonyl (C=O) groups excluding carboxylic acids is 1. The zero-order chi connectivity index (χ0) is 25.4. The van der Waals surface area contributed by atoms with Gasteiger partial charge in [-0.1, -0.05) is 17.7 Å². The molecule has 2 aromatic carbocycles. The Kier molecular flexibility index (Phi) is 5.34. The number of piperidine rings is 1. The largest absolute Gasteiger partial charge is 0.508 e. The van der Waals surface area contributed by atoms with Gasteiger partial charge in [0.1, 0.15) is 5.76 Å². The van der Waals surface area contributed by atoms with E-state index >= 15 is 0 Å². The fraction of sp³-hybridized carbons (Fsp3) is 0.464. The number of fused-ring (bicyclic) bond motifs is 1. The van der Waals surface area contributed by atoms with Gasteiger partial charge in [-0.25, -0.2) is 0 Å². The van der Waals surface area contributed by atoms with E-state index in [1.807, 2.05) is 13.0 Å². The van der Waals surface area contributed by atoms with E-state index in [0.717, 1.165) is 24.2 Å². The molecule has 8 heteroatoms. The molecule has 2 aromatic rings. The summed E-state index contributed by atoms with van der Waals surface area (Å²) in [6.07, 6.45) is 2.62. The number of benzene rings is 2. The molecule has 6 rings (SSSR count). The summed E-state index contributed by atoms with van der Waals surface area (Å²) < 4.78 is 6.27. The van der Waals surface area contributed by atoms with Gasteiger partial charge in [0.2, 0.25) is 0 Å². The number of halogens is 1. The molecule has 2 bridgehead atoms. The SMILES string of the molecule is C/C(C(=O)Nc1ccc(Cl)cc1)=C(/O)[C@@H]1Oc2c(O)ccc3c2[C@@]12CCN(CC1CC1)[C@H](C3)[C@@]2(C)O. The van der Waals surface area contributed by atoms with Gasteiger partial charge in [0.15, 0.2) is 17.6 Å². The minimum absolute atomic E-state index is 0.0265. The Morgan fingerprint density at radius 1 is 1.22 bits per heavy atom. The van der Waals surface area contributed by atoms with Crippen molar-refractivity contribution in [1.29, 1.82) is 0 Å². The molecular formula is C28H31ClN2O5. The molecule has 2 aliphatic carbocycles. The molecular weight excluding hydrogens is 480 g/mol. The summed E-state index contributed by atoms with van der Waals surface area (Å²) in [5.74, 6) is 0.230. The van der Waals surface area contributed by atoms with Crippen LogP contribution in [0.15, 0.2) is 47.7 Å². The van der Waals surface area contributed by atoms with Crippen molar-refractivity contribution in [3.05, 3.63) is 63.9 Å². The first-order valence-electron chi connectivity index (χ1n) is 12.6. The molecule has 1 amide bonds. The molecule has 1 saturated carbocycles. The van der Waals surface area contributed by atoms with Crippen LogP contribution in [0.4, 0.5) is 5.69 Å². The van der Waals surface area contributed by atoms with Crippen LogP contribution in [0, 0.1) is 5.92 Å². The average Bonchev–Trinajstić information content (AvgIpc) is 3.58. The number of ether oxygens (including phenoxy) is 1. The second kappa shape index (κ2) is 8.13. The Hall–Kier alpha value is -2.74. The lowest BCUT2D eigenvalue weighted by molar-refractivity contribution is -0.153. The highest BCUT2D eigenvalue weighted by atomic mass is 35.5. The molecule has 2 heterocycles. The van der Waals surface area contributed by atoms with E-state index in [0.29, 0.717) is 35.2 Å². The van der Waals surface area contributed by atoms with Gasteiger partial charge in [-0.05, 0) is 87.9 Å². The molecule has 36 heavy (non-hydrogen) atoms. The van der Waals surface area contributed by atoms with Gasteiger partial charge in [-0.15, -0.1) is 0 Å². The lowest BCUT2D eigenvalue weighted by Gasteiger charge is -2.59. The first kappa shape index (κ1) is 23.6. The maximum atomic E-state index is 13.1. The van der Waals surface area contributed by atoms with Crippen molar-refractivity contribution in [3.8, 4) is 11.5 Å². The molecule has 0 unspecified atom stereocenters. The number of anilines is 1. The third kappa shape index (κ3) is 3.36. The van der Waals surface area contributed by atoms with E-state index in [1.54, 1.807) is 37.3 Å². The summed E-state index contributed by atoms with van der Waals surface area (Å²) in [4.78, 5) is 15.5. The molecule has 0 radical (unpaired) electrons. The monoisotopic (exact) mass is 510 g/mol. The van der Waals surface area contributed by atoms with Crippen molar-refractivity contribution in [2.24, 2.45) is 5.92 Å². The van der Waals surface area contributed by atoms with Crippen molar-refractivity contribution < 1.29 is 24.9 Å². The topological polar surface area (TPSA) is 102 Å². The van der Waals surface area contributed by atoms with Crippen LogP contribution in [0.5, 0.6) is 11.5 Å². The van der Waals surface area contributed by atoms with Crippen molar-refractivity contribution >= 4 is 23.2 Å². The van der Waals surface area contributed by atoms with E-state index in [-0.39, 0.29) is 23.1 Å². The van der Waals surface area contributed by atoms with Gasteiger partial charge in [0.25, 0.3) is 5.91 Å². The number of aliphatic hydroxyl groups excluding tert-OH is 1. The minimum atomic E-state index is -1.25. The predicted octanol–water partition coefficient (Wildman–Crippen LogP) is 4.31. The average molecular weight is 511 g/mol. The zero-order valence-electron chi connectivity index (χ0n) is 20.4. The number of phenolic OH excluding ortho intramolecular Hbond substituents is 1. The number of amides is 1. The van der Waals surface area contributed by atoms with Crippen LogP contribution in [0.25, 0.3) is 0 Å². The Labute approximate surface area is 215 Å². The van der Waals surface area contributed by atoms with Crippen molar-refractivity contribution in [1.82, 2.24) is 4.90 Å². The lowest BCUT2D eigenvalue weighted by atomic mass is 9.53. The normalized spacial score (nSPS) is 31.3. The highest BCUT2D eigenvalue weighted by Crippen LogP contribution is 2.63. The molecule has 0 aromatic heterocycles. The zero-order valence-corrected chi connectivity index (χ0v) is 21.2. The quantitative estimate of drug-likeness (QED) is 0.353. The van der Waals surface area contributed by atoms with Crippen molar-refractivity contribution in [2.75, 3.05) is 18.4 Å². The van der Waals surface area contributed by atoms with Gasteiger partial charge in [-0.2, -0.15) is 0 Å². The number of aromatic hydroxyl groups is 1. The summed E-state index contributed by atoms with van der Waals surface area (Å²) in [7, 11) is 0. The number of hydrogen-bond acceptors (Lipinski definition) is 6. The number of rotatable bonds is 5. The number of aliphatic hydroxyl groups is 2. The van der Waals surface area contributed by atoms with Crippen LogP contribution in [0.2, 0.25) is 5.02 Å². The Morgan fingerprint density at radius 2 is 1.94 bits per heavy atom. The Bertz CT molecular complexity index is 1270.